The van der Waals surface area contributed by atoms with Gasteiger partial charge in [0, 0.05) is 22.1 Å². The van der Waals surface area contributed by atoms with Gasteiger partial charge in [0.2, 0.25) is 0 Å². The molecule has 26 heavy (non-hydrogen) atoms. The zero-order valence-electron chi connectivity index (χ0n) is 13.6. The van der Waals surface area contributed by atoms with Gasteiger partial charge in [-0.05, 0) is 72.8 Å². The molecule has 2 N–H and O–H groups in total. The Morgan fingerprint density at radius 1 is 0.538 bits per heavy atom. The third kappa shape index (κ3) is 3.52. The van der Waals surface area contributed by atoms with Crippen LogP contribution in [0.4, 0.5) is 3.55 Å². The molecule has 0 saturated carbocycles. The van der Waals surface area contributed by atoms with Gasteiger partial charge in [-0.1, -0.05) is 0 Å². The molecular formula is C20H14FMnN4. The molecule has 2 aliphatic rings. The summed E-state index contributed by atoms with van der Waals surface area (Å²) >= 11 is 1.44. The summed E-state index contributed by atoms with van der Waals surface area (Å²) in [6, 6.07) is 16.4. The van der Waals surface area contributed by atoms with Crippen LogP contribution in [-0.4, -0.2) is 19.9 Å². The molecule has 5 heterocycles. The zero-order valence-corrected chi connectivity index (χ0v) is 14.8. The predicted octanol–water partition coefficient (Wildman–Crippen LogP) is 5.07. The molecule has 0 amide bonds. The number of nitrogens with one attached hydrogen (secondary N) is 2. The average molecular weight is 384 g/mol. The first kappa shape index (κ1) is 16.5. The van der Waals surface area contributed by atoms with Crippen molar-refractivity contribution in [2.24, 2.45) is 0 Å². The van der Waals surface area contributed by atoms with Crippen molar-refractivity contribution in [3.63, 3.8) is 0 Å². The Morgan fingerprint density at radius 2 is 0.808 bits per heavy atom. The van der Waals surface area contributed by atoms with E-state index >= 15 is 0 Å². The Hall–Kier alpha value is -2.95. The number of fused-ring (bicyclic) bond motifs is 8. The molecule has 0 aromatic carbocycles. The van der Waals surface area contributed by atoms with Crippen LogP contribution < -0.4 is 0 Å². The van der Waals surface area contributed by atoms with Gasteiger partial charge in [0.25, 0.3) is 0 Å². The van der Waals surface area contributed by atoms with Gasteiger partial charge in [-0.3, -0.25) is 0 Å². The minimum absolute atomic E-state index is 0.939. The molecule has 5 rings (SSSR count). The number of hydrogen-bond donors (Lipinski definition) is 2. The van der Waals surface area contributed by atoms with Crippen molar-refractivity contribution in [3.8, 4) is 0 Å². The predicted molar refractivity (Wildman–Crippen MR) is 100.0 cm³/mol. The van der Waals surface area contributed by atoms with E-state index in [9.17, 15) is 3.55 Å². The molecule has 3 aromatic rings. The quantitative estimate of drug-likeness (QED) is 0.366. The molecule has 0 aliphatic carbocycles. The van der Waals surface area contributed by atoms with Crippen LogP contribution in [0.2, 0.25) is 0 Å². The number of hydrogen-bond acceptors (Lipinski definition) is 2. The first-order valence-electron chi connectivity index (χ1n) is 7.99. The van der Waals surface area contributed by atoms with Crippen molar-refractivity contribution in [1.82, 2.24) is 19.9 Å². The first-order valence-corrected chi connectivity index (χ1v) is 8.44. The summed E-state index contributed by atoms with van der Waals surface area (Å²) in [5, 5.41) is 0. The van der Waals surface area contributed by atoms with Gasteiger partial charge in [0.1, 0.15) is 0 Å². The summed E-state index contributed by atoms with van der Waals surface area (Å²) < 4.78 is 9.31. The van der Waals surface area contributed by atoms with E-state index < -0.39 is 0 Å². The summed E-state index contributed by atoms with van der Waals surface area (Å²) in [4.78, 5) is 16.0. The minimum atomic E-state index is 0.939. The molecule has 128 valence electrons. The Bertz CT molecular complexity index is 996. The Balaban J connectivity index is 0.000000814. The van der Waals surface area contributed by atoms with Crippen LogP contribution in [0.1, 0.15) is 22.8 Å². The third-order valence-corrected chi connectivity index (χ3v) is 4.04. The van der Waals surface area contributed by atoms with Gasteiger partial charge < -0.3 is 9.97 Å². The van der Waals surface area contributed by atoms with E-state index in [1.807, 2.05) is 48.6 Å². The number of rotatable bonds is 0. The van der Waals surface area contributed by atoms with E-state index in [1.165, 1.54) is 16.5 Å². The van der Waals surface area contributed by atoms with Crippen LogP contribution in [0.5, 0.6) is 0 Å². The molecule has 8 bridgehead atoms. The van der Waals surface area contributed by atoms with Crippen LogP contribution in [-0.2, 0) is 16.5 Å². The van der Waals surface area contributed by atoms with Crippen molar-refractivity contribution in [2.75, 3.05) is 0 Å². The number of nitrogens with zero attached hydrogens (tertiary/aromatic N) is 2. The van der Waals surface area contributed by atoms with E-state index in [-0.39, 0.29) is 0 Å². The average Bonchev–Trinajstić information content (AvgIpc) is 3.42. The van der Waals surface area contributed by atoms with Crippen molar-refractivity contribution >= 4 is 46.4 Å². The summed E-state index contributed by atoms with van der Waals surface area (Å²) in [7, 11) is 0. The second-order valence-corrected chi connectivity index (χ2v) is 5.91. The number of H-pyrrole nitrogens is 2. The van der Waals surface area contributed by atoms with Crippen LogP contribution in [0.15, 0.2) is 48.5 Å². The van der Waals surface area contributed by atoms with Crippen LogP contribution in [0.3, 0.4) is 0 Å². The molecule has 4 nitrogen and oxygen atoms in total. The summed E-state index contributed by atoms with van der Waals surface area (Å²) in [6.07, 6.45) is 8.09. The molecule has 2 aliphatic heterocycles. The molecule has 6 heteroatoms. The standard InChI is InChI=1S/C20H14N4.FH.Mn/c1-2-14-10-16-5-6-18(23-16)12-20-8-7-19(24-20)11-17-4-3-15(22-17)9-13(1)21-14;;/h1-12,21,24H;1H;/q;;+1/p-1. The van der Waals surface area contributed by atoms with Gasteiger partial charge in [0.05, 0.1) is 22.8 Å². The SMILES string of the molecule is C1=Cc2cc3ccc(cc4nc(cc5ccc(cc1n2)[nH]5)C=C4)[nH]3.[F][Mn]. The van der Waals surface area contributed by atoms with Crippen LogP contribution >= 0.6 is 0 Å². The summed E-state index contributed by atoms with van der Waals surface area (Å²) in [5.41, 5.74) is 7.86. The molecule has 0 spiro atoms. The van der Waals surface area contributed by atoms with Gasteiger partial charge in [-0.2, -0.15) is 0 Å². The van der Waals surface area contributed by atoms with E-state index in [1.54, 1.807) is 0 Å². The fourth-order valence-electron chi connectivity index (χ4n) is 2.94. The summed E-state index contributed by atoms with van der Waals surface area (Å²) in [6.45, 7) is 0. The molecule has 0 unspecified atom stereocenters. The van der Waals surface area contributed by atoms with Crippen molar-refractivity contribution in [1.29, 1.82) is 0 Å². The molecule has 0 radical (unpaired) electrons. The van der Waals surface area contributed by atoms with Gasteiger partial charge in [-0.25, -0.2) is 9.97 Å². The summed E-state index contributed by atoms with van der Waals surface area (Å²) in [5.74, 6) is 0. The number of aromatic nitrogens is 4. The molecular weight excluding hydrogens is 370 g/mol. The molecule has 0 saturated heterocycles. The zero-order chi connectivity index (χ0) is 17.9. The maximum atomic E-state index is 9.31. The first-order chi connectivity index (χ1) is 12.8. The number of halogens is 1. The fraction of sp³-hybridized carbons (Fsp3) is 0. The Kier molecular flexibility index (Phi) is 4.52. The van der Waals surface area contributed by atoms with Crippen molar-refractivity contribution in [2.45, 2.75) is 0 Å². The van der Waals surface area contributed by atoms with Crippen LogP contribution in [0.25, 0.3) is 46.4 Å². The van der Waals surface area contributed by atoms with Gasteiger partial charge >= 0.3 is 20.0 Å². The van der Waals surface area contributed by atoms with Gasteiger partial charge in [0.15, 0.2) is 0 Å². The van der Waals surface area contributed by atoms with Gasteiger partial charge in [-0.15, -0.1) is 0 Å². The van der Waals surface area contributed by atoms with E-state index in [4.69, 9.17) is 0 Å². The second kappa shape index (κ2) is 7.12. The third-order valence-electron chi connectivity index (χ3n) is 4.04. The van der Waals surface area contributed by atoms with Crippen LogP contribution in [0, 0.1) is 0 Å². The fourth-order valence-corrected chi connectivity index (χ4v) is 2.94. The second-order valence-electron chi connectivity index (χ2n) is 5.91. The van der Waals surface area contributed by atoms with Crippen molar-refractivity contribution < 1.29 is 20.0 Å². The molecule has 0 fully saturated rings. The molecule has 3 aromatic heterocycles. The van der Waals surface area contributed by atoms with E-state index in [2.05, 4.69) is 44.2 Å². The van der Waals surface area contributed by atoms with E-state index in [0.29, 0.717) is 0 Å². The molecule has 0 atom stereocenters. The Labute approximate surface area is 157 Å². The maximum absolute atomic E-state index is 9.31. The topological polar surface area (TPSA) is 57.4 Å². The normalized spacial score (nSPS) is 11.9. The number of aromatic amines is 2. The Morgan fingerprint density at radius 3 is 1.08 bits per heavy atom. The monoisotopic (exact) mass is 384 g/mol. The van der Waals surface area contributed by atoms with E-state index in [0.717, 1.165) is 44.8 Å². The van der Waals surface area contributed by atoms with Crippen molar-refractivity contribution in [3.05, 3.63) is 71.3 Å².